The fourth-order valence-electron chi connectivity index (χ4n) is 18.9. The van der Waals surface area contributed by atoms with Crippen molar-refractivity contribution >= 4 is 104 Å². The molecule has 0 unspecified atom stereocenters. The van der Waals surface area contributed by atoms with E-state index in [1.54, 1.807) is 0 Å². The Hall–Kier alpha value is -13.0. The molecule has 0 amide bonds. The van der Waals surface area contributed by atoms with Gasteiger partial charge in [-0.1, -0.05) is 299 Å². The predicted molar refractivity (Wildman–Crippen MR) is 426 cm³/mol. The average Bonchev–Trinajstić information content (AvgIpc) is 1.51. The number of rotatable bonds is 7. The molecule has 0 aliphatic heterocycles. The lowest BCUT2D eigenvalue weighted by atomic mass is 9.70. The second-order valence-electron chi connectivity index (χ2n) is 28.5. The van der Waals surface area contributed by atoms with Crippen LogP contribution in [0.25, 0.3) is 159 Å². The highest BCUT2D eigenvalue weighted by Crippen LogP contribution is 2.65. The van der Waals surface area contributed by atoms with E-state index >= 15 is 0 Å². The van der Waals surface area contributed by atoms with Gasteiger partial charge in [-0.15, -0.1) is 0 Å². The summed E-state index contributed by atoms with van der Waals surface area (Å²) in [4.78, 5) is 14.0. The molecule has 22 rings (SSSR count). The van der Waals surface area contributed by atoms with Crippen molar-refractivity contribution in [2.45, 2.75) is 24.7 Å². The van der Waals surface area contributed by atoms with Gasteiger partial charge in [0.2, 0.25) is 5.95 Å². The highest BCUT2D eigenvalue weighted by atomic mass is 15.2. The number of hydrogen-bond donors (Lipinski definition) is 0. The molecular weight excluding hydrogens is 1230 g/mol. The van der Waals surface area contributed by atoms with Crippen molar-refractivity contribution in [1.82, 2.24) is 14.5 Å². The van der Waals surface area contributed by atoms with E-state index in [0.29, 0.717) is 5.95 Å². The summed E-state index contributed by atoms with van der Waals surface area (Å²) in [5.74, 6) is 0.632. The van der Waals surface area contributed by atoms with Gasteiger partial charge in [-0.05, 0) is 181 Å². The Morgan fingerprint density at radius 1 is 0.294 bits per heavy atom. The molecule has 0 N–H and O–H groups in total. The highest BCUT2D eigenvalue weighted by molar-refractivity contribution is 6.28. The first-order valence-corrected chi connectivity index (χ1v) is 35.5. The molecule has 0 radical (unpaired) electrons. The predicted octanol–water partition coefficient (Wildman–Crippen LogP) is 25.6. The molecule has 4 heteroatoms. The number of hydrogen-bond acceptors (Lipinski definition) is 3. The minimum absolute atomic E-state index is 0.374. The average molecular weight is 1300 g/mol. The Balaban J connectivity index is 0.788. The Bertz CT molecular complexity index is 6780. The zero-order valence-electron chi connectivity index (χ0n) is 56.1. The highest BCUT2D eigenvalue weighted by Gasteiger charge is 2.52. The first kappa shape index (κ1) is 56.9. The monoisotopic (exact) mass is 1290 g/mol. The minimum Gasteiger partial charge on any atom is -0.309 e. The van der Waals surface area contributed by atoms with Crippen molar-refractivity contribution in [2.24, 2.45) is 0 Å². The molecule has 4 nitrogen and oxygen atoms in total. The molecule has 0 bridgehead atoms. The molecule has 102 heavy (non-hydrogen) atoms. The Kier molecular flexibility index (Phi) is 11.9. The van der Waals surface area contributed by atoms with Crippen molar-refractivity contribution in [2.75, 3.05) is 4.90 Å². The first-order valence-electron chi connectivity index (χ1n) is 35.5. The van der Waals surface area contributed by atoms with Gasteiger partial charge >= 0.3 is 0 Å². The maximum absolute atomic E-state index is 5.74. The summed E-state index contributed by atoms with van der Waals surface area (Å²) in [5, 5.41) is 15.6. The third kappa shape index (κ3) is 7.75. The van der Waals surface area contributed by atoms with Gasteiger partial charge in [-0.3, -0.25) is 4.57 Å². The molecule has 19 aromatic rings. The number of anilines is 3. The lowest BCUT2D eigenvalue weighted by Gasteiger charge is -2.32. The van der Waals surface area contributed by atoms with Crippen LogP contribution in [-0.2, 0) is 10.8 Å². The smallest absolute Gasteiger partial charge is 0.235 e. The number of benzene rings is 17. The zero-order valence-corrected chi connectivity index (χ0v) is 56.1. The summed E-state index contributed by atoms with van der Waals surface area (Å²) in [6.45, 7) is 4.90. The van der Waals surface area contributed by atoms with E-state index in [1.165, 1.54) is 105 Å². The van der Waals surface area contributed by atoms with Gasteiger partial charge in [0.05, 0.1) is 39.0 Å². The maximum Gasteiger partial charge on any atom is 0.235 e. The van der Waals surface area contributed by atoms with Gasteiger partial charge in [0.1, 0.15) is 0 Å². The van der Waals surface area contributed by atoms with Crippen molar-refractivity contribution in [3.05, 3.63) is 373 Å². The quantitative estimate of drug-likeness (QED) is 0.149. The lowest BCUT2D eigenvalue weighted by molar-refractivity contribution is 0.667. The standard InChI is InChI=1S/C98H62N4/c1-97(2)86-57-81-80-56-63(48-53-88(80)102(96-99-94(61-28-7-4-8-29-61)78-49-47-60-27-9-10-32-66(60)95(78)100-96)90(81)58-79(86)76-51-50-75-70-36-12-11-34-68(70)69-35-14-16-40-74(69)91(75)93(76)97)65-52-54-87(73-39-15-13-33-67(65)73)101(64-31-23-30-62(55-64)59-25-5-3-6-26-59)89-46-24-45-85-92(89)77-41-19-22-44-84(77)98(85)82-42-20-17-37-71(82)72-38-18-21-43-83(72)98/h3-58H,1-2H3. The normalized spacial score (nSPS) is 13.5. The Labute approximate surface area is 590 Å². The third-order valence-electron chi connectivity index (χ3n) is 23.1. The van der Waals surface area contributed by atoms with Crippen molar-refractivity contribution < 1.29 is 0 Å². The number of fused-ring (bicyclic) bond motifs is 27. The molecule has 2 heterocycles. The van der Waals surface area contributed by atoms with Crippen LogP contribution in [0.3, 0.4) is 0 Å². The second kappa shape index (κ2) is 21.3. The molecule has 474 valence electrons. The van der Waals surface area contributed by atoms with E-state index in [4.69, 9.17) is 9.97 Å². The zero-order chi connectivity index (χ0) is 67.1. The van der Waals surface area contributed by atoms with Crippen LogP contribution < -0.4 is 4.90 Å². The first-order chi connectivity index (χ1) is 50.4. The molecule has 3 aliphatic carbocycles. The van der Waals surface area contributed by atoms with Gasteiger partial charge in [0.15, 0.2) is 0 Å². The summed E-state index contributed by atoms with van der Waals surface area (Å²) in [7, 11) is 0. The summed E-state index contributed by atoms with van der Waals surface area (Å²) in [5.41, 5.74) is 27.5. The Morgan fingerprint density at radius 2 is 0.853 bits per heavy atom. The summed E-state index contributed by atoms with van der Waals surface area (Å²) >= 11 is 0. The third-order valence-corrected chi connectivity index (χ3v) is 23.1. The van der Waals surface area contributed by atoms with E-state index in [1.807, 2.05) is 0 Å². The molecule has 2 aromatic heterocycles. The minimum atomic E-state index is -0.516. The Morgan fingerprint density at radius 3 is 1.60 bits per heavy atom. The van der Waals surface area contributed by atoms with E-state index in [9.17, 15) is 0 Å². The molecule has 1 spiro atoms. The summed E-state index contributed by atoms with van der Waals surface area (Å²) in [6, 6.07) is 127. The van der Waals surface area contributed by atoms with E-state index < -0.39 is 5.41 Å². The molecule has 17 aromatic carbocycles. The van der Waals surface area contributed by atoms with Gasteiger partial charge in [0.25, 0.3) is 0 Å². The summed E-state index contributed by atoms with van der Waals surface area (Å²) < 4.78 is 2.36. The molecule has 0 saturated carbocycles. The SMILES string of the molecule is CC1(C)c2cc3c4cc(-c5ccc(N(c6cccc(-c7ccccc7)c6)c6cccc7c6-c6ccccc6C76c7ccccc7-c7ccccc76)c6ccccc56)ccc4n(-c4nc(-c5ccccc5)c5ccc6ccccc6c5n4)c3cc2-c2ccc3c4ccccc4c4ccccc4c3c21. The molecule has 3 aliphatic rings. The maximum atomic E-state index is 5.74. The number of nitrogens with zero attached hydrogens (tertiary/aromatic N) is 4. The largest absolute Gasteiger partial charge is 0.309 e. The van der Waals surface area contributed by atoms with E-state index in [-0.39, 0.29) is 5.41 Å². The fourth-order valence-corrected chi connectivity index (χ4v) is 18.9. The molecular formula is C98H62N4. The van der Waals surface area contributed by atoms with Gasteiger partial charge in [-0.2, -0.15) is 0 Å². The van der Waals surface area contributed by atoms with Crippen LogP contribution in [0.15, 0.2) is 340 Å². The van der Waals surface area contributed by atoms with Crippen LogP contribution in [0.1, 0.15) is 47.2 Å². The lowest BCUT2D eigenvalue weighted by Crippen LogP contribution is -2.26. The van der Waals surface area contributed by atoms with Gasteiger partial charge < -0.3 is 4.90 Å². The summed E-state index contributed by atoms with van der Waals surface area (Å²) in [6.07, 6.45) is 0. The van der Waals surface area contributed by atoms with Gasteiger partial charge in [-0.25, -0.2) is 9.97 Å². The van der Waals surface area contributed by atoms with Crippen molar-refractivity contribution in [3.8, 4) is 72.8 Å². The van der Waals surface area contributed by atoms with Crippen molar-refractivity contribution in [1.29, 1.82) is 0 Å². The molecule has 0 fully saturated rings. The van der Waals surface area contributed by atoms with Crippen LogP contribution in [0.2, 0.25) is 0 Å². The van der Waals surface area contributed by atoms with Crippen LogP contribution in [0, 0.1) is 0 Å². The van der Waals surface area contributed by atoms with Crippen LogP contribution >= 0.6 is 0 Å². The number of aromatic nitrogens is 3. The fraction of sp³-hybridized carbons (Fsp3) is 0.0408. The van der Waals surface area contributed by atoms with Crippen LogP contribution in [-0.4, -0.2) is 14.5 Å². The van der Waals surface area contributed by atoms with Gasteiger partial charge in [0, 0.05) is 49.2 Å². The second-order valence-corrected chi connectivity index (χ2v) is 28.5. The molecule has 0 atom stereocenters. The van der Waals surface area contributed by atoms with Crippen LogP contribution in [0.5, 0.6) is 0 Å². The van der Waals surface area contributed by atoms with Crippen LogP contribution in [0.4, 0.5) is 17.1 Å². The topological polar surface area (TPSA) is 34.0 Å². The van der Waals surface area contributed by atoms with Crippen molar-refractivity contribution in [3.63, 3.8) is 0 Å². The molecule has 0 saturated heterocycles. The van der Waals surface area contributed by atoms with E-state index in [2.05, 4.69) is 363 Å². The van der Waals surface area contributed by atoms with E-state index in [0.717, 1.165) is 99.3 Å².